The molecule has 0 radical (unpaired) electrons. The van der Waals surface area contributed by atoms with Gasteiger partial charge in [0.15, 0.2) is 17.7 Å². The molecule has 194 valence electrons. The number of carbonyl (C=O) groups is 1. The molecule has 0 unspecified atom stereocenters. The van der Waals surface area contributed by atoms with Crippen molar-refractivity contribution in [2.24, 2.45) is 5.92 Å². The van der Waals surface area contributed by atoms with Crippen LogP contribution >= 0.6 is 11.8 Å². The van der Waals surface area contributed by atoms with Gasteiger partial charge in [0.1, 0.15) is 12.4 Å². The van der Waals surface area contributed by atoms with Crippen LogP contribution in [0.3, 0.4) is 0 Å². The van der Waals surface area contributed by atoms with Crippen LogP contribution in [-0.2, 0) is 11.3 Å². The van der Waals surface area contributed by atoms with Crippen molar-refractivity contribution >= 4 is 23.5 Å². The second-order valence-electron chi connectivity index (χ2n) is 9.90. The number of halogens is 3. The van der Waals surface area contributed by atoms with Gasteiger partial charge in [-0.05, 0) is 42.0 Å². The molecule has 2 bridgehead atoms. The summed E-state index contributed by atoms with van der Waals surface area (Å²) in [4.78, 5) is 15.9. The van der Waals surface area contributed by atoms with E-state index in [1.54, 1.807) is 6.07 Å². The van der Waals surface area contributed by atoms with E-state index in [1.807, 2.05) is 30.0 Å². The molecular weight excluding hydrogens is 497 g/mol. The maximum atomic E-state index is 14.7. The van der Waals surface area contributed by atoms with Crippen molar-refractivity contribution in [3.8, 4) is 0 Å². The lowest BCUT2D eigenvalue weighted by atomic mass is 9.83. The molecule has 0 aromatic heterocycles. The van der Waals surface area contributed by atoms with E-state index >= 15 is 0 Å². The number of para-hydroxylation sites is 1. The lowest BCUT2D eigenvalue weighted by Crippen LogP contribution is -2.65. The molecule has 3 aliphatic heterocycles. The second-order valence-corrected chi connectivity index (χ2v) is 11.1. The zero-order valence-corrected chi connectivity index (χ0v) is 21.3. The molecule has 0 N–H and O–H groups in total. The Balaban J connectivity index is 1.29. The largest absolute Gasteiger partial charge is 0.440 e. The molecule has 3 fully saturated rings. The number of amides is 1. The number of benzene rings is 3. The first-order valence-corrected chi connectivity index (χ1v) is 13.6. The van der Waals surface area contributed by atoms with E-state index in [2.05, 4.69) is 12.1 Å². The lowest BCUT2D eigenvalue weighted by molar-refractivity contribution is -0.943. The Kier molecular flexibility index (Phi) is 7.76. The number of quaternary nitrogens is 1. The first-order chi connectivity index (χ1) is 17.9. The highest BCUT2D eigenvalue weighted by Crippen LogP contribution is 2.37. The van der Waals surface area contributed by atoms with Crippen LogP contribution in [0, 0.1) is 23.4 Å². The fourth-order valence-corrected chi connectivity index (χ4v) is 6.54. The van der Waals surface area contributed by atoms with Gasteiger partial charge in [-0.15, -0.1) is 11.8 Å². The molecule has 3 aliphatic rings. The fourth-order valence-electron chi connectivity index (χ4n) is 5.48. The number of anilines is 1. The molecule has 0 saturated carbocycles. The van der Waals surface area contributed by atoms with E-state index in [9.17, 15) is 18.0 Å². The maximum Gasteiger partial charge on any atom is 0.415 e. The number of carbonyl (C=O) groups excluding carboxylic acids is 1. The zero-order chi connectivity index (χ0) is 25.8. The number of ether oxygens (including phenoxy) is 1. The van der Waals surface area contributed by atoms with Crippen LogP contribution in [0.1, 0.15) is 18.4 Å². The summed E-state index contributed by atoms with van der Waals surface area (Å²) in [5.74, 6) is -1.33. The van der Waals surface area contributed by atoms with Gasteiger partial charge in [0.05, 0.1) is 31.9 Å². The predicted octanol–water partition coefficient (Wildman–Crippen LogP) is 6.65. The number of fused-ring (bicyclic) bond motifs is 3. The Labute approximate surface area is 219 Å². The summed E-state index contributed by atoms with van der Waals surface area (Å²) in [5, 5.41) is 0. The van der Waals surface area contributed by atoms with E-state index in [0.717, 1.165) is 61.4 Å². The van der Waals surface area contributed by atoms with Crippen molar-refractivity contribution in [3.05, 3.63) is 95.8 Å². The molecule has 8 heteroatoms. The average Bonchev–Trinajstić information content (AvgIpc) is 2.91. The van der Waals surface area contributed by atoms with Crippen LogP contribution < -0.4 is 4.90 Å². The molecule has 1 atom stereocenters. The number of rotatable bonds is 8. The minimum atomic E-state index is -1.02. The van der Waals surface area contributed by atoms with Gasteiger partial charge in [-0.2, -0.15) is 0 Å². The highest BCUT2D eigenvalue weighted by atomic mass is 32.2. The minimum absolute atomic E-state index is 0.0432. The van der Waals surface area contributed by atoms with E-state index < -0.39 is 23.5 Å². The SMILES string of the molecule is O=C(O[C@H]1C[N+]2(CCSc3ccccc3)CCC1CC2)N(Cc1ccc(F)c(F)c1)c1ccccc1F. The summed E-state index contributed by atoms with van der Waals surface area (Å²) in [5.41, 5.74) is 0.385. The molecule has 3 aromatic rings. The summed E-state index contributed by atoms with van der Waals surface area (Å²) in [6, 6.07) is 19.6. The van der Waals surface area contributed by atoms with Gasteiger partial charge in [0.2, 0.25) is 0 Å². The number of thioether (sulfide) groups is 1. The van der Waals surface area contributed by atoms with E-state index in [1.165, 1.54) is 34.1 Å². The summed E-state index contributed by atoms with van der Waals surface area (Å²) >= 11 is 1.84. The van der Waals surface area contributed by atoms with E-state index in [4.69, 9.17) is 4.74 Å². The fraction of sp³-hybridized carbons (Fsp3) is 0.345. The van der Waals surface area contributed by atoms with Gasteiger partial charge < -0.3 is 9.22 Å². The maximum absolute atomic E-state index is 14.7. The van der Waals surface area contributed by atoms with Gasteiger partial charge in [-0.3, -0.25) is 4.90 Å². The van der Waals surface area contributed by atoms with Gasteiger partial charge in [0, 0.05) is 29.4 Å². The number of hydrogen-bond acceptors (Lipinski definition) is 3. The molecule has 0 aliphatic carbocycles. The molecule has 0 spiro atoms. The van der Waals surface area contributed by atoms with Crippen molar-refractivity contribution < 1.29 is 27.2 Å². The van der Waals surface area contributed by atoms with Crippen LogP contribution in [0.2, 0.25) is 0 Å². The normalized spacial score (nSPS) is 22.6. The molecule has 3 heterocycles. The Morgan fingerprint density at radius 2 is 1.65 bits per heavy atom. The Morgan fingerprint density at radius 1 is 0.919 bits per heavy atom. The smallest absolute Gasteiger partial charge is 0.415 e. The molecular formula is C29H30F3N2O2S+. The molecule has 3 aromatic carbocycles. The lowest BCUT2D eigenvalue weighted by Gasteiger charge is -2.52. The zero-order valence-electron chi connectivity index (χ0n) is 20.5. The number of piperidine rings is 3. The minimum Gasteiger partial charge on any atom is -0.440 e. The molecule has 4 nitrogen and oxygen atoms in total. The third-order valence-corrected chi connectivity index (χ3v) is 8.55. The van der Waals surface area contributed by atoms with Gasteiger partial charge in [0.25, 0.3) is 0 Å². The average molecular weight is 528 g/mol. The monoisotopic (exact) mass is 527 g/mol. The van der Waals surface area contributed by atoms with E-state index in [0.29, 0.717) is 5.56 Å². The molecule has 1 amide bonds. The first kappa shape index (κ1) is 25.7. The number of nitrogens with zero attached hydrogens (tertiary/aromatic N) is 2. The summed E-state index contributed by atoms with van der Waals surface area (Å²) in [6.07, 6.45) is 1.02. The molecule has 3 saturated heterocycles. The summed E-state index contributed by atoms with van der Waals surface area (Å²) in [7, 11) is 0. The summed E-state index contributed by atoms with van der Waals surface area (Å²) < 4.78 is 49.0. The predicted molar refractivity (Wildman–Crippen MR) is 139 cm³/mol. The standard InChI is InChI=1S/C29H30F3N2O2S/c30-24-11-10-21(18-26(24)32)19-33(27-9-5-4-8-25(27)31)29(35)36-28-20-34(14-12-22(28)13-15-34)16-17-37-23-6-2-1-3-7-23/h1-11,18,22,28H,12-17,19-20H2/q+1/t22?,28-,34?/m0/s1. The van der Waals surface area contributed by atoms with Crippen LogP contribution in [0.5, 0.6) is 0 Å². The third-order valence-electron chi connectivity index (χ3n) is 7.56. The van der Waals surface area contributed by atoms with E-state index in [-0.39, 0.29) is 24.3 Å². The van der Waals surface area contributed by atoms with Crippen molar-refractivity contribution in [1.29, 1.82) is 0 Å². The van der Waals surface area contributed by atoms with Crippen molar-refractivity contribution in [3.63, 3.8) is 0 Å². The third kappa shape index (κ3) is 5.96. The highest BCUT2D eigenvalue weighted by Gasteiger charge is 2.47. The van der Waals surface area contributed by atoms with Crippen LogP contribution in [0.4, 0.5) is 23.7 Å². The van der Waals surface area contributed by atoms with Crippen molar-refractivity contribution in [2.75, 3.05) is 36.8 Å². The Bertz CT molecular complexity index is 1230. The van der Waals surface area contributed by atoms with Crippen LogP contribution in [-0.4, -0.2) is 48.6 Å². The molecule has 6 rings (SSSR count). The second kappa shape index (κ2) is 11.2. The van der Waals surface area contributed by atoms with Crippen LogP contribution in [0.15, 0.2) is 77.7 Å². The topological polar surface area (TPSA) is 29.5 Å². The Hall–Kier alpha value is -2.97. The van der Waals surface area contributed by atoms with Gasteiger partial charge >= 0.3 is 6.09 Å². The molecule has 37 heavy (non-hydrogen) atoms. The first-order valence-electron chi connectivity index (χ1n) is 12.6. The highest BCUT2D eigenvalue weighted by molar-refractivity contribution is 7.99. The van der Waals surface area contributed by atoms with Gasteiger partial charge in [-0.25, -0.2) is 18.0 Å². The van der Waals surface area contributed by atoms with Crippen molar-refractivity contribution in [1.82, 2.24) is 0 Å². The quantitative estimate of drug-likeness (QED) is 0.243. The van der Waals surface area contributed by atoms with Gasteiger partial charge in [-0.1, -0.05) is 36.4 Å². The summed E-state index contributed by atoms with van der Waals surface area (Å²) in [6.45, 7) is 3.73. The van der Waals surface area contributed by atoms with Crippen molar-refractivity contribution in [2.45, 2.75) is 30.4 Å². The van der Waals surface area contributed by atoms with Crippen LogP contribution in [0.25, 0.3) is 0 Å². The number of hydrogen-bond donors (Lipinski definition) is 0. The Morgan fingerprint density at radius 3 is 2.38 bits per heavy atom.